The van der Waals surface area contributed by atoms with Crippen molar-refractivity contribution < 1.29 is 5.11 Å². The summed E-state index contributed by atoms with van der Waals surface area (Å²) in [7, 11) is 5.31. The third-order valence-corrected chi connectivity index (χ3v) is 2.46. The van der Waals surface area contributed by atoms with E-state index < -0.39 is 6.00 Å². The Morgan fingerprint density at radius 3 is 2.09 bits per heavy atom. The van der Waals surface area contributed by atoms with Gasteiger partial charge in [0.1, 0.15) is 7.85 Å². The second-order valence-electron chi connectivity index (χ2n) is 3.05. The van der Waals surface area contributed by atoms with Crippen molar-refractivity contribution in [3.05, 3.63) is 12.7 Å². The molecule has 0 fully saturated rings. The molecule has 0 heterocycles. The average molecular weight is 152 g/mol. The number of allylic oxidation sites excluding steroid dienone is 1. The van der Waals surface area contributed by atoms with Gasteiger partial charge in [0.15, 0.2) is 0 Å². The molecule has 0 spiro atoms. The first-order valence-corrected chi connectivity index (χ1v) is 4.17. The molecule has 1 N–H and O–H groups in total. The summed E-state index contributed by atoms with van der Waals surface area (Å²) in [5, 5.41) is 9.01. The van der Waals surface area contributed by atoms with E-state index in [1.807, 2.05) is 6.08 Å². The summed E-state index contributed by atoms with van der Waals surface area (Å²) in [6, 6.07) is -0.715. The first kappa shape index (κ1) is 10.8. The lowest BCUT2D eigenvalue weighted by atomic mass is 9.74. The molecule has 0 saturated heterocycles. The summed E-state index contributed by atoms with van der Waals surface area (Å²) in [4.78, 5) is 0. The topological polar surface area (TPSA) is 20.2 Å². The molecule has 0 amide bonds. The van der Waals surface area contributed by atoms with E-state index in [1.165, 1.54) is 0 Å². The van der Waals surface area contributed by atoms with Gasteiger partial charge in [0.05, 0.1) is 0 Å². The van der Waals surface area contributed by atoms with Crippen LogP contribution in [0, 0.1) is 5.41 Å². The number of aliphatic hydroxyl groups excluding tert-OH is 1. The third kappa shape index (κ3) is 3.11. The molecule has 0 aliphatic carbocycles. The summed E-state index contributed by atoms with van der Waals surface area (Å²) in [5.41, 5.74) is 0.0359. The number of aliphatic hydroxyl groups is 1. The molecule has 1 unspecified atom stereocenters. The lowest BCUT2D eigenvalue weighted by molar-refractivity contribution is 0.177. The van der Waals surface area contributed by atoms with Crippen molar-refractivity contribution in [2.45, 2.75) is 39.1 Å². The minimum atomic E-state index is -0.715. The van der Waals surface area contributed by atoms with E-state index in [2.05, 4.69) is 20.4 Å². The van der Waals surface area contributed by atoms with Crippen molar-refractivity contribution in [3.63, 3.8) is 0 Å². The molecule has 0 aliphatic heterocycles. The zero-order valence-corrected chi connectivity index (χ0v) is 7.51. The summed E-state index contributed by atoms with van der Waals surface area (Å²) in [6.07, 6.45) is 4.50. The van der Waals surface area contributed by atoms with Gasteiger partial charge in [-0.25, -0.2) is 0 Å². The second kappa shape index (κ2) is 4.60. The van der Waals surface area contributed by atoms with Crippen LogP contribution < -0.4 is 0 Å². The maximum atomic E-state index is 9.01. The molecule has 62 valence electrons. The Labute approximate surface area is 70.9 Å². The van der Waals surface area contributed by atoms with E-state index in [1.54, 1.807) is 0 Å². The van der Waals surface area contributed by atoms with Gasteiger partial charge in [-0.05, 0) is 24.7 Å². The van der Waals surface area contributed by atoms with Crippen LogP contribution in [-0.4, -0.2) is 19.0 Å². The molecule has 0 bridgehead atoms. The van der Waals surface area contributed by atoms with E-state index in [-0.39, 0.29) is 5.41 Å². The van der Waals surface area contributed by atoms with Gasteiger partial charge in [0.25, 0.3) is 0 Å². The van der Waals surface area contributed by atoms with Crippen LogP contribution in [0.25, 0.3) is 0 Å². The highest BCUT2D eigenvalue weighted by Crippen LogP contribution is 2.32. The highest BCUT2D eigenvalue weighted by atomic mass is 16.3. The molecule has 0 aromatic carbocycles. The van der Waals surface area contributed by atoms with Crippen molar-refractivity contribution in [3.8, 4) is 0 Å². The fourth-order valence-electron chi connectivity index (χ4n) is 1.33. The van der Waals surface area contributed by atoms with Gasteiger partial charge in [-0.1, -0.05) is 19.9 Å². The molecular formula is C9H17BO. The van der Waals surface area contributed by atoms with Crippen molar-refractivity contribution in [1.29, 1.82) is 0 Å². The Balaban J connectivity index is 4.16. The van der Waals surface area contributed by atoms with Crippen LogP contribution in [0.1, 0.15) is 33.1 Å². The van der Waals surface area contributed by atoms with Gasteiger partial charge >= 0.3 is 0 Å². The number of hydrogen-bond acceptors (Lipinski definition) is 1. The molecule has 0 rings (SSSR count). The highest BCUT2D eigenvalue weighted by molar-refractivity contribution is 6.10. The van der Waals surface area contributed by atoms with E-state index in [9.17, 15) is 0 Å². The van der Waals surface area contributed by atoms with Crippen molar-refractivity contribution in [2.75, 3.05) is 0 Å². The monoisotopic (exact) mass is 152 g/mol. The van der Waals surface area contributed by atoms with Gasteiger partial charge in [0, 0.05) is 6.00 Å². The summed E-state index contributed by atoms with van der Waals surface area (Å²) >= 11 is 0. The lowest BCUT2D eigenvalue weighted by Crippen LogP contribution is -2.23. The molecule has 0 saturated carbocycles. The van der Waals surface area contributed by atoms with Crippen LogP contribution in [-0.2, 0) is 0 Å². The van der Waals surface area contributed by atoms with Crippen LogP contribution in [0.2, 0.25) is 0 Å². The SMILES string of the molecule is [B]C(O)CC(C=C)(CC)CC. The molecule has 1 nitrogen and oxygen atoms in total. The fourth-order valence-corrected chi connectivity index (χ4v) is 1.33. The Bertz CT molecular complexity index is 117. The minimum absolute atomic E-state index is 0.0359. The molecule has 0 aromatic heterocycles. The van der Waals surface area contributed by atoms with E-state index >= 15 is 0 Å². The first-order chi connectivity index (χ1) is 5.10. The predicted molar refractivity (Wildman–Crippen MR) is 49.6 cm³/mol. The number of hydrogen-bond donors (Lipinski definition) is 1. The normalized spacial score (nSPS) is 14.5. The molecule has 11 heavy (non-hydrogen) atoms. The zero-order chi connectivity index (χ0) is 8.91. The van der Waals surface area contributed by atoms with Crippen molar-refractivity contribution >= 4 is 7.85 Å². The van der Waals surface area contributed by atoms with Gasteiger partial charge < -0.3 is 5.11 Å². The molecule has 2 radical (unpaired) electrons. The third-order valence-electron chi connectivity index (χ3n) is 2.46. The molecule has 2 heteroatoms. The quantitative estimate of drug-likeness (QED) is 0.470. The van der Waals surface area contributed by atoms with Gasteiger partial charge in [-0.2, -0.15) is 0 Å². The highest BCUT2D eigenvalue weighted by Gasteiger charge is 2.23. The van der Waals surface area contributed by atoms with Crippen molar-refractivity contribution in [1.82, 2.24) is 0 Å². The minimum Gasteiger partial charge on any atom is -0.403 e. The van der Waals surface area contributed by atoms with Crippen molar-refractivity contribution in [2.24, 2.45) is 5.41 Å². The smallest absolute Gasteiger partial charge is 0.108 e. The number of rotatable bonds is 5. The maximum Gasteiger partial charge on any atom is 0.108 e. The van der Waals surface area contributed by atoms with E-state index in [0.717, 1.165) is 12.8 Å². The average Bonchev–Trinajstić information content (AvgIpc) is 2.00. The first-order valence-electron chi connectivity index (χ1n) is 4.17. The lowest BCUT2D eigenvalue weighted by Gasteiger charge is -2.29. The zero-order valence-electron chi connectivity index (χ0n) is 7.51. The predicted octanol–water partition coefficient (Wildman–Crippen LogP) is 1.86. The standard InChI is InChI=1S/C9H17BO/c1-4-9(5-2,6-3)7-8(10)11/h4,8,11H,1,5-7H2,2-3H3. The maximum absolute atomic E-state index is 9.01. The van der Waals surface area contributed by atoms with E-state index in [4.69, 9.17) is 13.0 Å². The summed E-state index contributed by atoms with van der Waals surface area (Å²) < 4.78 is 0. The second-order valence-corrected chi connectivity index (χ2v) is 3.05. The molecule has 0 aliphatic rings. The fraction of sp³-hybridized carbons (Fsp3) is 0.778. The summed E-state index contributed by atoms with van der Waals surface area (Å²) in [5.74, 6) is 0. The van der Waals surface area contributed by atoms with Gasteiger partial charge in [-0.3, -0.25) is 0 Å². The Kier molecular flexibility index (Phi) is 4.51. The van der Waals surface area contributed by atoms with E-state index in [0.29, 0.717) is 6.42 Å². The molecular weight excluding hydrogens is 135 g/mol. The van der Waals surface area contributed by atoms with Gasteiger partial charge in [0.2, 0.25) is 0 Å². The largest absolute Gasteiger partial charge is 0.403 e. The molecule has 1 atom stereocenters. The van der Waals surface area contributed by atoms with Crippen LogP contribution in [0.3, 0.4) is 0 Å². The Hall–Kier alpha value is -0.235. The van der Waals surface area contributed by atoms with Crippen LogP contribution in [0.5, 0.6) is 0 Å². The Morgan fingerprint density at radius 1 is 1.55 bits per heavy atom. The van der Waals surface area contributed by atoms with Crippen LogP contribution in [0.4, 0.5) is 0 Å². The summed E-state index contributed by atoms with van der Waals surface area (Å²) in [6.45, 7) is 7.94. The Morgan fingerprint density at radius 2 is 2.00 bits per heavy atom. The van der Waals surface area contributed by atoms with Crippen LogP contribution >= 0.6 is 0 Å². The molecule has 0 aromatic rings. The van der Waals surface area contributed by atoms with Crippen LogP contribution in [0.15, 0.2) is 12.7 Å². The van der Waals surface area contributed by atoms with Gasteiger partial charge in [-0.15, -0.1) is 6.58 Å².